The Balaban J connectivity index is 0.00000144. The van der Waals surface area contributed by atoms with Crippen LogP contribution in [0.1, 0.15) is 26.2 Å². The highest BCUT2D eigenvalue weighted by Crippen LogP contribution is 2.38. The molecule has 2 heterocycles. The van der Waals surface area contributed by atoms with Gasteiger partial charge >= 0.3 is 0 Å². The van der Waals surface area contributed by atoms with Crippen LogP contribution in [0.4, 0.5) is 0 Å². The number of ether oxygens (including phenoxy) is 1. The maximum Gasteiger partial charge on any atom is 0.251 e. The average molecular weight is 263 g/mol. The third kappa shape index (κ3) is 3.12. The van der Waals surface area contributed by atoms with E-state index in [9.17, 15) is 4.79 Å². The number of methoxy groups -OCH3 is 1. The molecule has 2 saturated heterocycles. The molecule has 17 heavy (non-hydrogen) atoms. The lowest BCUT2D eigenvalue weighted by molar-refractivity contribution is -0.140. The van der Waals surface area contributed by atoms with Crippen LogP contribution in [0.25, 0.3) is 0 Å². The molecule has 1 unspecified atom stereocenters. The zero-order valence-electron chi connectivity index (χ0n) is 10.7. The lowest BCUT2D eigenvalue weighted by atomic mass is 9.78. The lowest BCUT2D eigenvalue weighted by Gasteiger charge is -2.33. The number of carbonyl (C=O) groups excluding carboxylic acids is 1. The Kier molecular flexibility index (Phi) is 5.22. The smallest absolute Gasteiger partial charge is 0.251 e. The summed E-state index contributed by atoms with van der Waals surface area (Å²) in [6, 6.07) is 0. The van der Waals surface area contributed by atoms with Crippen LogP contribution in [-0.2, 0) is 9.53 Å². The second-order valence-electron chi connectivity index (χ2n) is 5.14. The lowest BCUT2D eigenvalue weighted by Crippen LogP contribution is -2.42. The number of halogens is 1. The van der Waals surface area contributed by atoms with E-state index in [0.717, 1.165) is 32.6 Å². The van der Waals surface area contributed by atoms with E-state index in [1.807, 2.05) is 11.8 Å². The second kappa shape index (κ2) is 6.03. The third-order valence-corrected chi connectivity index (χ3v) is 4.12. The molecule has 2 aliphatic heterocycles. The number of likely N-dealkylation sites (tertiary alicyclic amines) is 1. The molecule has 1 spiro atoms. The molecule has 2 rings (SSSR count). The number of hydrogen-bond acceptors (Lipinski definition) is 3. The highest BCUT2D eigenvalue weighted by molar-refractivity contribution is 5.85. The van der Waals surface area contributed by atoms with Crippen LogP contribution in [0.3, 0.4) is 0 Å². The van der Waals surface area contributed by atoms with Gasteiger partial charge < -0.3 is 15.0 Å². The van der Waals surface area contributed by atoms with Gasteiger partial charge in [-0.25, -0.2) is 0 Å². The number of hydrogen-bond donors (Lipinski definition) is 1. The van der Waals surface area contributed by atoms with Gasteiger partial charge in [-0.15, -0.1) is 12.4 Å². The first-order chi connectivity index (χ1) is 7.67. The first-order valence-electron chi connectivity index (χ1n) is 6.19. The van der Waals surface area contributed by atoms with Crippen LogP contribution in [0, 0.1) is 5.41 Å². The quantitative estimate of drug-likeness (QED) is 0.809. The summed E-state index contributed by atoms with van der Waals surface area (Å²) in [4.78, 5) is 14.0. The van der Waals surface area contributed by atoms with E-state index in [1.165, 1.54) is 12.8 Å². The van der Waals surface area contributed by atoms with Gasteiger partial charge in [-0.3, -0.25) is 4.79 Å². The zero-order valence-corrected chi connectivity index (χ0v) is 11.5. The van der Waals surface area contributed by atoms with Crippen molar-refractivity contribution in [3.63, 3.8) is 0 Å². The van der Waals surface area contributed by atoms with E-state index >= 15 is 0 Å². The fraction of sp³-hybridized carbons (Fsp3) is 0.917. The van der Waals surface area contributed by atoms with Crippen LogP contribution in [0.15, 0.2) is 0 Å². The molecule has 100 valence electrons. The third-order valence-electron chi connectivity index (χ3n) is 4.12. The minimum Gasteiger partial charge on any atom is -0.372 e. The maximum atomic E-state index is 12.0. The highest BCUT2D eigenvalue weighted by atomic mass is 35.5. The highest BCUT2D eigenvalue weighted by Gasteiger charge is 2.41. The minimum absolute atomic E-state index is 0. The molecule has 0 aromatic rings. The summed E-state index contributed by atoms with van der Waals surface area (Å²) in [6.45, 7) is 5.87. The molecule has 5 heteroatoms. The van der Waals surface area contributed by atoms with Crippen molar-refractivity contribution in [1.82, 2.24) is 10.2 Å². The minimum atomic E-state index is -0.295. The predicted molar refractivity (Wildman–Crippen MR) is 69.5 cm³/mol. The van der Waals surface area contributed by atoms with Gasteiger partial charge in [0.1, 0.15) is 6.10 Å². The van der Waals surface area contributed by atoms with Crippen molar-refractivity contribution in [1.29, 1.82) is 0 Å². The molecule has 1 N–H and O–H groups in total. The summed E-state index contributed by atoms with van der Waals surface area (Å²) >= 11 is 0. The van der Waals surface area contributed by atoms with Gasteiger partial charge in [0.25, 0.3) is 5.91 Å². The van der Waals surface area contributed by atoms with Gasteiger partial charge in [0.2, 0.25) is 0 Å². The van der Waals surface area contributed by atoms with Crippen LogP contribution in [0.2, 0.25) is 0 Å². The Bertz CT molecular complexity index is 267. The Labute approximate surface area is 109 Å². The molecule has 0 aliphatic carbocycles. The van der Waals surface area contributed by atoms with Crippen molar-refractivity contribution in [3.05, 3.63) is 0 Å². The molecule has 1 amide bonds. The SMILES string of the molecule is COC(C)C(=O)N1CCC2(CCNCC2)C1.Cl. The second-order valence-corrected chi connectivity index (χ2v) is 5.14. The van der Waals surface area contributed by atoms with E-state index in [4.69, 9.17) is 4.74 Å². The van der Waals surface area contributed by atoms with Gasteiger partial charge in [0.05, 0.1) is 0 Å². The van der Waals surface area contributed by atoms with Crippen molar-refractivity contribution in [2.24, 2.45) is 5.41 Å². The molecular weight excluding hydrogens is 240 g/mol. The van der Waals surface area contributed by atoms with Gasteiger partial charge in [0, 0.05) is 20.2 Å². The Hall–Kier alpha value is -0.320. The summed E-state index contributed by atoms with van der Waals surface area (Å²) in [5.74, 6) is 0.151. The van der Waals surface area contributed by atoms with Crippen molar-refractivity contribution in [2.75, 3.05) is 33.3 Å². The Morgan fingerprint density at radius 2 is 2.00 bits per heavy atom. The average Bonchev–Trinajstić information content (AvgIpc) is 2.72. The van der Waals surface area contributed by atoms with Crippen LogP contribution < -0.4 is 5.32 Å². The molecule has 0 bridgehead atoms. The van der Waals surface area contributed by atoms with Gasteiger partial charge in [0.15, 0.2) is 0 Å². The van der Waals surface area contributed by atoms with E-state index in [0.29, 0.717) is 5.41 Å². The normalized spacial score (nSPS) is 24.5. The van der Waals surface area contributed by atoms with Gasteiger partial charge in [-0.05, 0) is 44.7 Å². The Morgan fingerprint density at radius 3 is 2.59 bits per heavy atom. The standard InChI is InChI=1S/C12H22N2O2.ClH/c1-10(16-2)11(15)14-8-5-12(9-14)3-6-13-7-4-12;/h10,13H,3-9H2,1-2H3;1H. The fourth-order valence-electron chi connectivity index (χ4n) is 2.85. The molecular formula is C12H23ClN2O2. The summed E-state index contributed by atoms with van der Waals surface area (Å²) < 4.78 is 5.10. The van der Waals surface area contributed by atoms with Gasteiger partial charge in [-0.1, -0.05) is 0 Å². The van der Waals surface area contributed by atoms with Crippen molar-refractivity contribution >= 4 is 18.3 Å². The van der Waals surface area contributed by atoms with E-state index in [-0.39, 0.29) is 24.4 Å². The van der Waals surface area contributed by atoms with Crippen molar-refractivity contribution in [3.8, 4) is 0 Å². The van der Waals surface area contributed by atoms with Crippen molar-refractivity contribution in [2.45, 2.75) is 32.3 Å². The summed E-state index contributed by atoms with van der Waals surface area (Å²) in [6.07, 6.45) is 3.28. The molecule has 0 aromatic carbocycles. The van der Waals surface area contributed by atoms with E-state index in [2.05, 4.69) is 5.32 Å². The molecule has 1 atom stereocenters. The zero-order chi connectivity index (χ0) is 11.6. The van der Waals surface area contributed by atoms with Crippen molar-refractivity contribution < 1.29 is 9.53 Å². The molecule has 2 fully saturated rings. The van der Waals surface area contributed by atoms with Crippen LogP contribution in [-0.4, -0.2) is 50.2 Å². The number of amides is 1. The molecule has 4 nitrogen and oxygen atoms in total. The number of nitrogens with one attached hydrogen (secondary N) is 1. The maximum absolute atomic E-state index is 12.0. The first-order valence-corrected chi connectivity index (χ1v) is 6.19. The number of carbonyl (C=O) groups is 1. The summed E-state index contributed by atoms with van der Waals surface area (Å²) in [7, 11) is 1.60. The number of rotatable bonds is 2. The van der Waals surface area contributed by atoms with Crippen LogP contribution in [0.5, 0.6) is 0 Å². The number of nitrogens with zero attached hydrogens (tertiary/aromatic N) is 1. The summed E-state index contributed by atoms with van der Waals surface area (Å²) in [5, 5.41) is 3.39. The number of piperidine rings is 1. The molecule has 0 aromatic heterocycles. The molecule has 0 saturated carbocycles. The molecule has 0 radical (unpaired) electrons. The monoisotopic (exact) mass is 262 g/mol. The summed E-state index contributed by atoms with van der Waals surface area (Å²) in [5.41, 5.74) is 0.397. The predicted octanol–water partition coefficient (Wildman–Crippen LogP) is 1.05. The van der Waals surface area contributed by atoms with Gasteiger partial charge in [-0.2, -0.15) is 0 Å². The molecule has 2 aliphatic rings. The van der Waals surface area contributed by atoms with Crippen LogP contribution >= 0.6 is 12.4 Å². The largest absolute Gasteiger partial charge is 0.372 e. The fourth-order valence-corrected chi connectivity index (χ4v) is 2.85. The first kappa shape index (κ1) is 14.7. The van der Waals surface area contributed by atoms with E-state index < -0.39 is 0 Å². The topological polar surface area (TPSA) is 41.6 Å². The van der Waals surface area contributed by atoms with E-state index in [1.54, 1.807) is 7.11 Å². The Morgan fingerprint density at radius 1 is 1.35 bits per heavy atom.